The fourth-order valence-corrected chi connectivity index (χ4v) is 3.84. The van der Waals surface area contributed by atoms with Crippen LogP contribution in [0.5, 0.6) is 5.75 Å². The van der Waals surface area contributed by atoms with Crippen LogP contribution in [0.2, 0.25) is 0 Å². The van der Waals surface area contributed by atoms with Crippen molar-refractivity contribution in [1.82, 2.24) is 10.2 Å². The molecule has 2 aromatic rings. The zero-order valence-corrected chi connectivity index (χ0v) is 17.1. The molecule has 150 valence electrons. The molecule has 0 unspecified atom stereocenters. The maximum Gasteiger partial charge on any atom is 0.251 e. The largest absolute Gasteiger partial charge is 0.494 e. The number of amides is 1. The summed E-state index contributed by atoms with van der Waals surface area (Å²) in [6.07, 6.45) is 5.06. The van der Waals surface area contributed by atoms with Gasteiger partial charge in [-0.25, -0.2) is 0 Å². The number of carbonyl (C=O) groups is 1. The van der Waals surface area contributed by atoms with Gasteiger partial charge in [0.05, 0.1) is 12.6 Å². The van der Waals surface area contributed by atoms with Crippen molar-refractivity contribution in [2.45, 2.75) is 45.6 Å². The smallest absolute Gasteiger partial charge is 0.251 e. The van der Waals surface area contributed by atoms with Gasteiger partial charge in [-0.1, -0.05) is 48.7 Å². The van der Waals surface area contributed by atoms with Gasteiger partial charge in [-0.05, 0) is 63.5 Å². The molecule has 1 saturated heterocycles. The predicted molar refractivity (Wildman–Crippen MR) is 114 cm³/mol. The van der Waals surface area contributed by atoms with E-state index >= 15 is 0 Å². The van der Waals surface area contributed by atoms with E-state index in [1.165, 1.54) is 36.8 Å². The van der Waals surface area contributed by atoms with Crippen LogP contribution >= 0.6 is 0 Å². The minimum Gasteiger partial charge on any atom is -0.494 e. The van der Waals surface area contributed by atoms with Crippen LogP contribution in [-0.4, -0.2) is 37.0 Å². The molecule has 4 nitrogen and oxygen atoms in total. The van der Waals surface area contributed by atoms with E-state index in [1.54, 1.807) is 0 Å². The van der Waals surface area contributed by atoms with E-state index in [4.69, 9.17) is 4.74 Å². The van der Waals surface area contributed by atoms with Crippen molar-refractivity contribution in [2.24, 2.45) is 0 Å². The molecule has 2 aromatic carbocycles. The van der Waals surface area contributed by atoms with E-state index in [-0.39, 0.29) is 11.9 Å². The van der Waals surface area contributed by atoms with Crippen molar-refractivity contribution in [3.05, 3.63) is 65.2 Å². The average Bonchev–Trinajstić information content (AvgIpc) is 2.99. The third-order valence-corrected chi connectivity index (χ3v) is 5.41. The number of aryl methyl sites for hydroxylation is 1. The van der Waals surface area contributed by atoms with Crippen molar-refractivity contribution in [3.8, 4) is 5.75 Å². The van der Waals surface area contributed by atoms with Crippen molar-refractivity contribution in [3.63, 3.8) is 0 Å². The molecule has 0 radical (unpaired) electrons. The maximum atomic E-state index is 12.8. The highest BCUT2D eigenvalue weighted by Gasteiger charge is 2.22. The molecule has 1 aliphatic rings. The molecule has 0 aliphatic carbocycles. The normalized spacial score (nSPS) is 16.2. The first-order chi connectivity index (χ1) is 13.7. The van der Waals surface area contributed by atoms with Gasteiger partial charge in [-0.2, -0.15) is 0 Å². The zero-order valence-electron chi connectivity index (χ0n) is 17.1. The Morgan fingerprint density at radius 3 is 2.46 bits per heavy atom. The van der Waals surface area contributed by atoms with Crippen LogP contribution in [0, 0.1) is 6.92 Å². The fourth-order valence-electron chi connectivity index (χ4n) is 3.84. The summed E-state index contributed by atoms with van der Waals surface area (Å²) in [5.41, 5.74) is 3.18. The Morgan fingerprint density at radius 2 is 1.79 bits per heavy atom. The number of nitrogens with zero attached hydrogens (tertiary/aromatic N) is 1. The third-order valence-electron chi connectivity index (χ3n) is 5.41. The lowest BCUT2D eigenvalue weighted by atomic mass is 10.0. The first kappa shape index (κ1) is 20.4. The topological polar surface area (TPSA) is 41.6 Å². The Kier molecular flexibility index (Phi) is 7.49. The van der Waals surface area contributed by atoms with E-state index < -0.39 is 0 Å². The first-order valence-corrected chi connectivity index (χ1v) is 10.5. The number of benzene rings is 2. The van der Waals surface area contributed by atoms with E-state index in [1.807, 2.05) is 31.2 Å². The Hall–Kier alpha value is -2.33. The summed E-state index contributed by atoms with van der Waals surface area (Å²) in [5.74, 6) is 0.686. The molecule has 0 bridgehead atoms. The summed E-state index contributed by atoms with van der Waals surface area (Å²) in [5, 5.41) is 3.16. The molecule has 1 heterocycles. The Bertz CT molecular complexity index is 749. The van der Waals surface area contributed by atoms with Gasteiger partial charge in [-0.15, -0.1) is 0 Å². The number of hydrogen-bond donors (Lipinski definition) is 1. The lowest BCUT2D eigenvalue weighted by molar-refractivity contribution is 0.0932. The van der Waals surface area contributed by atoms with Gasteiger partial charge in [0.15, 0.2) is 0 Å². The summed E-state index contributed by atoms with van der Waals surface area (Å²) in [6, 6.07) is 16.3. The molecule has 1 N–H and O–H groups in total. The first-order valence-electron chi connectivity index (χ1n) is 10.5. The molecule has 4 heteroatoms. The minimum absolute atomic E-state index is 0.0477. The SMILES string of the molecule is CCOc1cccc(C(=O)NC[C@H](c2ccc(C)cc2)N2CCCCCC2)c1. The standard InChI is InChI=1S/C24H32N2O2/c1-3-28-22-10-8-9-21(17-22)24(27)25-18-23(20-13-11-19(2)12-14-20)26-15-6-4-5-7-16-26/h8-14,17,23H,3-7,15-16,18H2,1-2H3,(H,25,27)/t23-/m1/s1. The molecule has 0 saturated carbocycles. The number of nitrogens with one attached hydrogen (secondary N) is 1. The second-order valence-electron chi connectivity index (χ2n) is 7.55. The number of ether oxygens (including phenoxy) is 1. The molecule has 0 aromatic heterocycles. The van der Waals surface area contributed by atoms with Crippen LogP contribution in [0.3, 0.4) is 0 Å². The van der Waals surface area contributed by atoms with Crippen molar-refractivity contribution < 1.29 is 9.53 Å². The fraction of sp³-hybridized carbons (Fsp3) is 0.458. The Balaban J connectivity index is 1.72. The second kappa shape index (κ2) is 10.3. The Morgan fingerprint density at radius 1 is 1.07 bits per heavy atom. The zero-order chi connectivity index (χ0) is 19.8. The van der Waals surface area contributed by atoms with Gasteiger partial charge in [0, 0.05) is 12.1 Å². The van der Waals surface area contributed by atoms with Gasteiger partial charge >= 0.3 is 0 Å². The van der Waals surface area contributed by atoms with Crippen LogP contribution in [0.4, 0.5) is 0 Å². The summed E-state index contributed by atoms with van der Waals surface area (Å²) in [7, 11) is 0. The van der Waals surface area contributed by atoms with Crippen molar-refractivity contribution in [2.75, 3.05) is 26.2 Å². The molecular formula is C24H32N2O2. The summed E-state index contributed by atoms with van der Waals surface area (Å²) in [4.78, 5) is 15.3. The van der Waals surface area contributed by atoms with E-state index in [9.17, 15) is 4.79 Å². The highest BCUT2D eigenvalue weighted by atomic mass is 16.5. The van der Waals surface area contributed by atoms with Crippen molar-refractivity contribution >= 4 is 5.91 Å². The quantitative estimate of drug-likeness (QED) is 0.754. The Labute approximate surface area is 168 Å². The molecule has 1 amide bonds. The van der Waals surface area contributed by atoms with Crippen LogP contribution in [0.25, 0.3) is 0 Å². The number of likely N-dealkylation sites (tertiary alicyclic amines) is 1. The van der Waals surface area contributed by atoms with Crippen LogP contribution in [0.1, 0.15) is 60.1 Å². The molecule has 1 aliphatic heterocycles. The van der Waals surface area contributed by atoms with Crippen molar-refractivity contribution in [1.29, 1.82) is 0 Å². The predicted octanol–water partition coefficient (Wildman–Crippen LogP) is 4.74. The van der Waals surface area contributed by atoms with E-state index in [0.29, 0.717) is 18.7 Å². The van der Waals surface area contributed by atoms with Gasteiger partial charge in [0.25, 0.3) is 5.91 Å². The lowest BCUT2D eigenvalue weighted by Gasteiger charge is -2.31. The number of carbonyl (C=O) groups excluding carboxylic acids is 1. The summed E-state index contributed by atoms with van der Waals surface area (Å²) in [6.45, 7) is 7.44. The highest BCUT2D eigenvalue weighted by molar-refractivity contribution is 5.94. The van der Waals surface area contributed by atoms with E-state index in [0.717, 1.165) is 18.8 Å². The van der Waals surface area contributed by atoms with Crippen LogP contribution in [0.15, 0.2) is 48.5 Å². The summed E-state index contributed by atoms with van der Waals surface area (Å²) >= 11 is 0. The lowest BCUT2D eigenvalue weighted by Crippen LogP contribution is -2.38. The molecule has 3 rings (SSSR count). The third kappa shape index (κ3) is 5.59. The van der Waals surface area contributed by atoms with E-state index in [2.05, 4.69) is 41.4 Å². The number of hydrogen-bond acceptors (Lipinski definition) is 3. The average molecular weight is 381 g/mol. The van der Waals surface area contributed by atoms with Crippen LogP contribution < -0.4 is 10.1 Å². The van der Waals surface area contributed by atoms with Gasteiger partial charge in [0.1, 0.15) is 5.75 Å². The van der Waals surface area contributed by atoms with Gasteiger partial charge in [-0.3, -0.25) is 9.69 Å². The molecule has 0 spiro atoms. The minimum atomic E-state index is -0.0477. The molecule has 28 heavy (non-hydrogen) atoms. The number of rotatable bonds is 7. The molecule has 1 fully saturated rings. The maximum absolute atomic E-state index is 12.8. The monoisotopic (exact) mass is 380 g/mol. The molecular weight excluding hydrogens is 348 g/mol. The van der Waals surface area contributed by atoms with Gasteiger partial charge < -0.3 is 10.1 Å². The highest BCUT2D eigenvalue weighted by Crippen LogP contribution is 2.24. The van der Waals surface area contributed by atoms with Gasteiger partial charge in [0.2, 0.25) is 0 Å². The molecule has 1 atom stereocenters. The van der Waals surface area contributed by atoms with Crippen LogP contribution in [-0.2, 0) is 0 Å². The summed E-state index contributed by atoms with van der Waals surface area (Å²) < 4.78 is 5.52. The second-order valence-corrected chi connectivity index (χ2v) is 7.55.